The molecule has 1 N–H and O–H groups in total. The number of hydrogen-bond donors (Lipinski definition) is 1. The fourth-order valence-electron chi connectivity index (χ4n) is 3.92. The zero-order valence-electron chi connectivity index (χ0n) is 19.7. The van der Waals surface area contributed by atoms with Gasteiger partial charge in [0.1, 0.15) is 10.8 Å². The van der Waals surface area contributed by atoms with Crippen molar-refractivity contribution >= 4 is 34.3 Å². The molecule has 3 aromatic carbocycles. The van der Waals surface area contributed by atoms with E-state index in [1.807, 2.05) is 12.1 Å². The Kier molecular flexibility index (Phi) is 7.58. The van der Waals surface area contributed by atoms with Crippen LogP contribution in [0.1, 0.15) is 37.5 Å². The molecule has 0 atom stereocenters. The minimum absolute atomic E-state index is 0.0673. The van der Waals surface area contributed by atoms with Gasteiger partial charge in [0.15, 0.2) is 5.82 Å². The molecule has 0 spiro atoms. The summed E-state index contributed by atoms with van der Waals surface area (Å²) in [7, 11) is 0. The van der Waals surface area contributed by atoms with Gasteiger partial charge in [0.25, 0.3) is 0 Å². The first-order chi connectivity index (χ1) is 16.5. The fraction of sp³-hybridized carbons (Fsp3) is 0.250. The lowest BCUT2D eigenvalue weighted by Gasteiger charge is -2.14. The van der Waals surface area contributed by atoms with Crippen LogP contribution in [-0.2, 0) is 24.1 Å². The van der Waals surface area contributed by atoms with Crippen LogP contribution in [0.4, 0.5) is 10.1 Å². The Morgan fingerprint density at radius 2 is 1.62 bits per heavy atom. The number of benzene rings is 3. The van der Waals surface area contributed by atoms with Crippen molar-refractivity contribution in [3.05, 3.63) is 83.2 Å². The normalized spacial score (nSPS) is 11.1. The molecule has 0 radical (unpaired) electrons. The Bertz CT molecular complexity index is 1300. The monoisotopic (exact) mass is 473 g/mol. The van der Waals surface area contributed by atoms with Gasteiger partial charge in [-0.15, -0.1) is 0 Å². The number of nitrogens with zero attached hydrogens (tertiary/aromatic N) is 2. The Morgan fingerprint density at radius 1 is 0.912 bits per heavy atom. The number of thioether (sulfide) groups is 1. The third-order valence-corrected chi connectivity index (χ3v) is 6.83. The van der Waals surface area contributed by atoms with E-state index in [1.54, 1.807) is 12.1 Å². The zero-order chi connectivity index (χ0) is 24.1. The van der Waals surface area contributed by atoms with Crippen LogP contribution in [0, 0.1) is 5.82 Å². The van der Waals surface area contributed by atoms with Gasteiger partial charge in [-0.1, -0.05) is 56.8 Å². The largest absolute Gasteiger partial charge is 0.325 e. The summed E-state index contributed by atoms with van der Waals surface area (Å²) in [5.41, 5.74) is 5.91. The molecular weight excluding hydrogens is 445 g/mol. The van der Waals surface area contributed by atoms with Gasteiger partial charge in [0.2, 0.25) is 5.91 Å². The molecule has 0 aliphatic heterocycles. The number of fused-ring (bicyclic) bond motifs is 1. The van der Waals surface area contributed by atoms with Crippen LogP contribution in [0.25, 0.3) is 22.3 Å². The molecule has 1 aromatic heterocycles. The molecule has 4 nitrogen and oxygen atoms in total. The van der Waals surface area contributed by atoms with Crippen LogP contribution < -0.4 is 5.32 Å². The van der Waals surface area contributed by atoms with E-state index >= 15 is 0 Å². The number of para-hydroxylation sites is 1. The molecular formula is C28H28FN3OS. The number of aryl methyl sites for hydroxylation is 3. The second-order valence-electron chi connectivity index (χ2n) is 8.06. The Balaban J connectivity index is 1.64. The van der Waals surface area contributed by atoms with Gasteiger partial charge in [-0.3, -0.25) is 4.79 Å². The van der Waals surface area contributed by atoms with E-state index in [0.717, 1.165) is 57.6 Å². The molecule has 0 unspecified atom stereocenters. The molecule has 4 rings (SSSR count). The van der Waals surface area contributed by atoms with Gasteiger partial charge < -0.3 is 5.32 Å². The van der Waals surface area contributed by atoms with Gasteiger partial charge in [-0.05, 0) is 72.4 Å². The molecule has 174 valence electrons. The number of aromatic nitrogens is 2. The molecule has 0 aliphatic carbocycles. The van der Waals surface area contributed by atoms with E-state index in [2.05, 4.69) is 50.4 Å². The van der Waals surface area contributed by atoms with Crippen LogP contribution >= 0.6 is 11.8 Å². The maximum absolute atomic E-state index is 13.4. The van der Waals surface area contributed by atoms with Crippen molar-refractivity contribution in [3.8, 4) is 11.4 Å². The number of rotatable bonds is 8. The van der Waals surface area contributed by atoms with E-state index in [4.69, 9.17) is 9.97 Å². The standard InChI is InChI=1S/C28H28FN3OS/c1-4-18-10-15-24-23(16-18)28(32-27(30-24)21-11-13-22(29)14-12-21)34-17-25(33)31-26-19(5-2)8-7-9-20(26)6-3/h7-16H,4-6,17H2,1-3H3,(H,31,33). The van der Waals surface area contributed by atoms with Crippen LogP contribution in [-0.4, -0.2) is 21.6 Å². The van der Waals surface area contributed by atoms with E-state index in [-0.39, 0.29) is 17.5 Å². The molecule has 1 amide bonds. The second-order valence-corrected chi connectivity index (χ2v) is 9.02. The number of halogens is 1. The zero-order valence-corrected chi connectivity index (χ0v) is 20.5. The third kappa shape index (κ3) is 5.28. The summed E-state index contributed by atoms with van der Waals surface area (Å²) in [6.45, 7) is 6.29. The van der Waals surface area contributed by atoms with Gasteiger partial charge in [0.05, 0.1) is 11.3 Å². The van der Waals surface area contributed by atoms with Crippen LogP contribution in [0.5, 0.6) is 0 Å². The second kappa shape index (κ2) is 10.8. The van der Waals surface area contributed by atoms with Crippen LogP contribution in [0.15, 0.2) is 65.7 Å². The first-order valence-corrected chi connectivity index (χ1v) is 12.6. The van der Waals surface area contributed by atoms with Gasteiger partial charge in [-0.25, -0.2) is 14.4 Å². The van der Waals surface area contributed by atoms with Crippen molar-refractivity contribution in [1.82, 2.24) is 9.97 Å². The number of carbonyl (C=O) groups is 1. The lowest BCUT2D eigenvalue weighted by atomic mass is 10.0. The minimum Gasteiger partial charge on any atom is -0.325 e. The van der Waals surface area contributed by atoms with Crippen molar-refractivity contribution in [2.24, 2.45) is 0 Å². The number of anilines is 1. The van der Waals surface area contributed by atoms with E-state index in [9.17, 15) is 9.18 Å². The lowest BCUT2D eigenvalue weighted by molar-refractivity contribution is -0.113. The smallest absolute Gasteiger partial charge is 0.234 e. The average Bonchev–Trinajstić information content (AvgIpc) is 2.87. The van der Waals surface area contributed by atoms with Crippen molar-refractivity contribution in [2.75, 3.05) is 11.1 Å². The molecule has 6 heteroatoms. The first-order valence-electron chi connectivity index (χ1n) is 11.6. The maximum atomic E-state index is 13.4. The predicted octanol–water partition coefficient (Wildman–Crippen LogP) is 6.85. The number of nitrogens with one attached hydrogen (secondary N) is 1. The summed E-state index contributed by atoms with van der Waals surface area (Å²) >= 11 is 1.40. The summed E-state index contributed by atoms with van der Waals surface area (Å²) < 4.78 is 13.4. The molecule has 1 heterocycles. The highest BCUT2D eigenvalue weighted by Gasteiger charge is 2.15. The van der Waals surface area contributed by atoms with E-state index in [0.29, 0.717) is 5.82 Å². The maximum Gasteiger partial charge on any atom is 0.234 e. The highest BCUT2D eigenvalue weighted by Crippen LogP contribution is 2.30. The van der Waals surface area contributed by atoms with Crippen molar-refractivity contribution < 1.29 is 9.18 Å². The Labute approximate surface area is 204 Å². The lowest BCUT2D eigenvalue weighted by Crippen LogP contribution is -2.17. The van der Waals surface area contributed by atoms with E-state index in [1.165, 1.54) is 29.5 Å². The van der Waals surface area contributed by atoms with Gasteiger partial charge in [-0.2, -0.15) is 0 Å². The van der Waals surface area contributed by atoms with Gasteiger partial charge >= 0.3 is 0 Å². The summed E-state index contributed by atoms with van der Waals surface area (Å²) in [5.74, 6) is 0.376. The number of hydrogen-bond acceptors (Lipinski definition) is 4. The molecule has 0 fully saturated rings. The number of amides is 1. The van der Waals surface area contributed by atoms with Crippen molar-refractivity contribution in [1.29, 1.82) is 0 Å². The van der Waals surface area contributed by atoms with E-state index < -0.39 is 0 Å². The minimum atomic E-state index is -0.304. The molecule has 0 saturated carbocycles. The predicted molar refractivity (Wildman–Crippen MR) is 139 cm³/mol. The summed E-state index contributed by atoms with van der Waals surface area (Å²) in [6, 6.07) is 18.4. The van der Waals surface area contributed by atoms with Crippen LogP contribution in [0.2, 0.25) is 0 Å². The Morgan fingerprint density at radius 3 is 2.26 bits per heavy atom. The summed E-state index contributed by atoms with van der Waals surface area (Å²) in [4.78, 5) is 22.4. The molecule has 0 aliphatic rings. The Hall–Kier alpha value is -3.25. The highest BCUT2D eigenvalue weighted by molar-refractivity contribution is 8.00. The SMILES string of the molecule is CCc1ccc2nc(-c3ccc(F)cc3)nc(SCC(=O)Nc3c(CC)cccc3CC)c2c1. The quantitative estimate of drug-likeness (QED) is 0.224. The molecule has 0 bridgehead atoms. The number of carbonyl (C=O) groups excluding carboxylic acids is 1. The molecule has 4 aromatic rings. The topological polar surface area (TPSA) is 54.9 Å². The molecule has 0 saturated heterocycles. The molecule has 34 heavy (non-hydrogen) atoms. The van der Waals surface area contributed by atoms with Gasteiger partial charge in [0, 0.05) is 16.6 Å². The summed E-state index contributed by atoms with van der Waals surface area (Å²) in [6.07, 6.45) is 2.61. The van der Waals surface area contributed by atoms with Crippen molar-refractivity contribution in [3.63, 3.8) is 0 Å². The highest BCUT2D eigenvalue weighted by atomic mass is 32.2. The first kappa shape index (κ1) is 23.9. The summed E-state index contributed by atoms with van der Waals surface area (Å²) in [5, 5.41) is 4.80. The average molecular weight is 474 g/mol. The van der Waals surface area contributed by atoms with Crippen molar-refractivity contribution in [2.45, 2.75) is 45.1 Å². The fourth-order valence-corrected chi connectivity index (χ4v) is 4.73. The third-order valence-electron chi connectivity index (χ3n) is 5.84. The van der Waals surface area contributed by atoms with Crippen LogP contribution in [0.3, 0.4) is 0 Å².